The summed E-state index contributed by atoms with van der Waals surface area (Å²) in [6.07, 6.45) is 0. The van der Waals surface area contributed by atoms with E-state index < -0.39 is 0 Å². The summed E-state index contributed by atoms with van der Waals surface area (Å²) in [5.74, 6) is 0. The van der Waals surface area contributed by atoms with Gasteiger partial charge in [0.05, 0.1) is 6.61 Å². The predicted octanol–water partition coefficient (Wildman–Crippen LogP) is 3.52. The van der Waals surface area contributed by atoms with Crippen molar-refractivity contribution in [2.75, 3.05) is 38.3 Å². The minimum absolute atomic E-state index is 0.697. The van der Waals surface area contributed by atoms with E-state index in [0.717, 1.165) is 32.8 Å². The SMILES string of the molecule is COCCNCc1ccc(N2CC(C)SC(C)C2)cc1Br. The Hall–Kier alpha value is -0.230. The molecule has 0 aliphatic carbocycles. The van der Waals surface area contributed by atoms with Gasteiger partial charge >= 0.3 is 0 Å². The van der Waals surface area contributed by atoms with E-state index in [4.69, 9.17) is 4.74 Å². The zero-order chi connectivity index (χ0) is 15.2. The largest absolute Gasteiger partial charge is 0.383 e. The molecule has 0 amide bonds. The van der Waals surface area contributed by atoms with E-state index in [2.05, 4.69) is 70.0 Å². The number of halogens is 1. The second-order valence-corrected chi connectivity index (χ2v) is 8.34. The van der Waals surface area contributed by atoms with Crippen molar-refractivity contribution in [1.29, 1.82) is 0 Å². The highest BCUT2D eigenvalue weighted by atomic mass is 79.9. The van der Waals surface area contributed by atoms with E-state index in [0.29, 0.717) is 10.5 Å². The second kappa shape index (κ2) is 8.42. The van der Waals surface area contributed by atoms with Gasteiger partial charge in [0.15, 0.2) is 0 Å². The van der Waals surface area contributed by atoms with Gasteiger partial charge in [-0.1, -0.05) is 35.8 Å². The van der Waals surface area contributed by atoms with E-state index in [9.17, 15) is 0 Å². The second-order valence-electron chi connectivity index (χ2n) is 5.61. The molecule has 0 saturated carbocycles. The smallest absolute Gasteiger partial charge is 0.0587 e. The van der Waals surface area contributed by atoms with E-state index in [1.165, 1.54) is 15.7 Å². The summed E-state index contributed by atoms with van der Waals surface area (Å²) >= 11 is 5.80. The van der Waals surface area contributed by atoms with Gasteiger partial charge < -0.3 is 15.0 Å². The number of ether oxygens (including phenoxy) is 1. The number of rotatable bonds is 6. The first-order valence-electron chi connectivity index (χ1n) is 7.48. The fourth-order valence-electron chi connectivity index (χ4n) is 2.66. The molecule has 21 heavy (non-hydrogen) atoms. The highest BCUT2D eigenvalue weighted by Crippen LogP contribution is 2.31. The molecule has 3 nitrogen and oxygen atoms in total. The Labute approximate surface area is 140 Å². The van der Waals surface area contributed by atoms with Gasteiger partial charge in [0.1, 0.15) is 0 Å². The Bertz CT molecular complexity index is 448. The molecule has 0 aromatic heterocycles. The molecular weight excluding hydrogens is 348 g/mol. The van der Waals surface area contributed by atoms with Gasteiger partial charge in [0.2, 0.25) is 0 Å². The lowest BCUT2D eigenvalue weighted by molar-refractivity contribution is 0.199. The van der Waals surface area contributed by atoms with Crippen LogP contribution >= 0.6 is 27.7 Å². The van der Waals surface area contributed by atoms with E-state index in [1.54, 1.807) is 7.11 Å². The zero-order valence-electron chi connectivity index (χ0n) is 13.1. The quantitative estimate of drug-likeness (QED) is 0.772. The first-order chi connectivity index (χ1) is 10.1. The van der Waals surface area contributed by atoms with Crippen LogP contribution in [0.15, 0.2) is 22.7 Å². The van der Waals surface area contributed by atoms with Crippen molar-refractivity contribution in [2.24, 2.45) is 0 Å². The molecule has 1 aromatic carbocycles. The van der Waals surface area contributed by atoms with Crippen LogP contribution in [0.25, 0.3) is 0 Å². The van der Waals surface area contributed by atoms with Crippen molar-refractivity contribution in [1.82, 2.24) is 5.32 Å². The lowest BCUT2D eigenvalue weighted by Crippen LogP contribution is -2.40. The van der Waals surface area contributed by atoms with Crippen LogP contribution in [-0.4, -0.2) is 43.9 Å². The molecule has 1 N–H and O–H groups in total. The van der Waals surface area contributed by atoms with Crippen molar-refractivity contribution in [2.45, 2.75) is 30.9 Å². The topological polar surface area (TPSA) is 24.5 Å². The van der Waals surface area contributed by atoms with Crippen LogP contribution in [-0.2, 0) is 11.3 Å². The summed E-state index contributed by atoms with van der Waals surface area (Å²) in [5.41, 5.74) is 2.61. The van der Waals surface area contributed by atoms with Gasteiger partial charge in [-0.3, -0.25) is 0 Å². The molecule has 1 aliphatic heterocycles. The highest BCUT2D eigenvalue weighted by molar-refractivity contribution is 9.10. The number of anilines is 1. The third kappa shape index (κ3) is 5.16. The maximum absolute atomic E-state index is 5.05. The Morgan fingerprint density at radius 3 is 2.67 bits per heavy atom. The van der Waals surface area contributed by atoms with Gasteiger partial charge in [-0.25, -0.2) is 0 Å². The number of hydrogen-bond donors (Lipinski definition) is 1. The predicted molar refractivity (Wildman–Crippen MR) is 96.5 cm³/mol. The number of nitrogens with zero attached hydrogens (tertiary/aromatic N) is 1. The molecule has 118 valence electrons. The summed E-state index contributed by atoms with van der Waals surface area (Å²) in [6.45, 7) is 9.39. The van der Waals surface area contributed by atoms with Crippen LogP contribution in [0.4, 0.5) is 5.69 Å². The van der Waals surface area contributed by atoms with E-state index in [-0.39, 0.29) is 0 Å². The van der Waals surface area contributed by atoms with Gasteiger partial charge in [-0.2, -0.15) is 11.8 Å². The fourth-order valence-corrected chi connectivity index (χ4v) is 4.49. The summed E-state index contributed by atoms with van der Waals surface area (Å²) < 4.78 is 6.23. The molecule has 1 fully saturated rings. The van der Waals surface area contributed by atoms with Crippen LogP contribution in [0.2, 0.25) is 0 Å². The summed E-state index contributed by atoms with van der Waals surface area (Å²) in [7, 11) is 1.73. The van der Waals surface area contributed by atoms with Crippen LogP contribution < -0.4 is 10.2 Å². The Morgan fingerprint density at radius 2 is 2.05 bits per heavy atom. The number of benzene rings is 1. The minimum atomic E-state index is 0.697. The molecule has 0 spiro atoms. The number of hydrogen-bond acceptors (Lipinski definition) is 4. The van der Waals surface area contributed by atoms with Crippen molar-refractivity contribution in [3.8, 4) is 0 Å². The first kappa shape index (κ1) is 17.1. The molecule has 1 heterocycles. The van der Waals surface area contributed by atoms with Gasteiger partial charge in [-0.05, 0) is 17.7 Å². The minimum Gasteiger partial charge on any atom is -0.383 e. The third-order valence-corrected chi connectivity index (χ3v) is 5.59. The monoisotopic (exact) mass is 372 g/mol. The van der Waals surface area contributed by atoms with E-state index >= 15 is 0 Å². The average molecular weight is 373 g/mol. The molecule has 1 aliphatic rings. The molecule has 1 aromatic rings. The molecule has 2 atom stereocenters. The first-order valence-corrected chi connectivity index (χ1v) is 9.22. The van der Waals surface area contributed by atoms with Crippen molar-refractivity contribution in [3.63, 3.8) is 0 Å². The van der Waals surface area contributed by atoms with Crippen molar-refractivity contribution >= 4 is 33.4 Å². The standard InChI is InChI=1S/C16H25BrN2OS/c1-12-10-19(11-13(2)21-12)15-5-4-14(16(17)8-15)9-18-6-7-20-3/h4-5,8,12-13,18H,6-7,9-11H2,1-3H3. The summed E-state index contributed by atoms with van der Waals surface area (Å²) in [6, 6.07) is 6.71. The molecular formula is C16H25BrN2OS. The highest BCUT2D eigenvalue weighted by Gasteiger charge is 2.22. The van der Waals surface area contributed by atoms with Crippen molar-refractivity contribution < 1.29 is 4.74 Å². The molecule has 0 radical (unpaired) electrons. The maximum Gasteiger partial charge on any atom is 0.0587 e. The van der Waals surface area contributed by atoms with Crippen LogP contribution in [0.1, 0.15) is 19.4 Å². The molecule has 5 heteroatoms. The Morgan fingerprint density at radius 1 is 1.33 bits per heavy atom. The van der Waals surface area contributed by atoms with Crippen LogP contribution in [0, 0.1) is 0 Å². The Balaban J connectivity index is 1.98. The van der Waals surface area contributed by atoms with E-state index in [1.807, 2.05) is 0 Å². The zero-order valence-corrected chi connectivity index (χ0v) is 15.5. The molecule has 1 saturated heterocycles. The van der Waals surface area contributed by atoms with Gasteiger partial charge in [0.25, 0.3) is 0 Å². The van der Waals surface area contributed by atoms with Crippen LogP contribution in [0.5, 0.6) is 0 Å². The lowest BCUT2D eigenvalue weighted by Gasteiger charge is -2.36. The Kier molecular flexibility index (Phi) is 6.86. The number of methoxy groups -OCH3 is 1. The number of nitrogens with one attached hydrogen (secondary N) is 1. The number of thioether (sulfide) groups is 1. The lowest BCUT2D eigenvalue weighted by atomic mass is 10.1. The third-order valence-electron chi connectivity index (χ3n) is 3.62. The maximum atomic E-state index is 5.05. The van der Waals surface area contributed by atoms with Gasteiger partial charge in [-0.15, -0.1) is 0 Å². The molecule has 2 rings (SSSR count). The summed E-state index contributed by atoms with van der Waals surface area (Å²) in [4.78, 5) is 2.50. The normalized spacial score (nSPS) is 22.6. The average Bonchev–Trinajstić information content (AvgIpc) is 2.44. The molecule has 0 bridgehead atoms. The molecule has 2 unspecified atom stereocenters. The summed E-state index contributed by atoms with van der Waals surface area (Å²) in [5, 5.41) is 4.78. The van der Waals surface area contributed by atoms with Crippen LogP contribution in [0.3, 0.4) is 0 Å². The fraction of sp³-hybridized carbons (Fsp3) is 0.625. The van der Waals surface area contributed by atoms with Crippen molar-refractivity contribution in [3.05, 3.63) is 28.2 Å². The van der Waals surface area contributed by atoms with Gasteiger partial charge in [0, 0.05) is 53.9 Å².